The van der Waals surface area contributed by atoms with E-state index in [1.807, 2.05) is 12.1 Å². The zero-order valence-corrected chi connectivity index (χ0v) is 16.7. The number of nitrogens with one attached hydrogen (secondary N) is 2. The summed E-state index contributed by atoms with van der Waals surface area (Å²) in [5, 5.41) is 5.79. The molecule has 0 saturated carbocycles. The Labute approximate surface area is 154 Å². The quantitative estimate of drug-likeness (QED) is 0.720. The van der Waals surface area contributed by atoms with Crippen molar-refractivity contribution in [3.8, 4) is 0 Å². The summed E-state index contributed by atoms with van der Waals surface area (Å²) < 4.78 is 7.06. The molecule has 0 spiro atoms. The number of carbonyl (C=O) groups excluding carboxylic acids is 1. The predicted octanol–water partition coefficient (Wildman–Crippen LogP) is 3.79. The van der Waals surface area contributed by atoms with Gasteiger partial charge in [-0.2, -0.15) is 0 Å². The van der Waals surface area contributed by atoms with Crippen LogP contribution in [0.3, 0.4) is 0 Å². The molecule has 1 aromatic rings. The third-order valence-corrected chi connectivity index (χ3v) is 5.04. The Kier molecular flexibility index (Phi) is 7.33. The molecule has 2 rings (SSSR count). The number of rotatable bonds is 5. The van der Waals surface area contributed by atoms with E-state index < -0.39 is 0 Å². The summed E-state index contributed by atoms with van der Waals surface area (Å²) in [6.07, 6.45) is 0. The average Bonchev–Trinajstić information content (AvgIpc) is 2.51. The Hall–Kier alpha value is -0.630. The van der Waals surface area contributed by atoms with Crippen molar-refractivity contribution in [3.05, 3.63) is 26.6 Å². The molecule has 0 aromatic heterocycles. The van der Waals surface area contributed by atoms with Gasteiger partial charge in [0, 0.05) is 35.1 Å². The molecule has 23 heavy (non-hydrogen) atoms. The number of halogens is 2. The first-order valence-electron chi connectivity index (χ1n) is 7.81. The zero-order valence-electron chi connectivity index (χ0n) is 13.5. The van der Waals surface area contributed by atoms with Crippen molar-refractivity contribution in [2.24, 2.45) is 0 Å². The van der Waals surface area contributed by atoms with E-state index in [0.29, 0.717) is 12.5 Å². The van der Waals surface area contributed by atoms with Gasteiger partial charge < -0.3 is 15.4 Å². The number of carbonyl (C=O) groups is 1. The van der Waals surface area contributed by atoms with E-state index in [9.17, 15) is 4.79 Å². The standard InChI is InChI=1S/C16H23Br2N3O2/c1-11(2)12-9-13(17)15(14(18)10-12)20-16(22)19-3-4-21-5-7-23-8-6-21/h9-11H,3-8H2,1-2H3,(H2,19,20,22). The molecule has 1 fully saturated rings. The first-order chi connectivity index (χ1) is 11.0. The van der Waals surface area contributed by atoms with Crippen LogP contribution in [0.25, 0.3) is 0 Å². The maximum atomic E-state index is 12.1. The van der Waals surface area contributed by atoms with E-state index >= 15 is 0 Å². The van der Waals surface area contributed by atoms with Gasteiger partial charge in [0.05, 0.1) is 18.9 Å². The van der Waals surface area contributed by atoms with E-state index in [1.165, 1.54) is 5.56 Å². The number of hydrogen-bond acceptors (Lipinski definition) is 3. The highest BCUT2D eigenvalue weighted by Crippen LogP contribution is 2.34. The number of urea groups is 1. The van der Waals surface area contributed by atoms with E-state index in [-0.39, 0.29) is 6.03 Å². The smallest absolute Gasteiger partial charge is 0.319 e. The first-order valence-corrected chi connectivity index (χ1v) is 9.40. The first kappa shape index (κ1) is 18.7. The van der Waals surface area contributed by atoms with Crippen LogP contribution in [0.1, 0.15) is 25.3 Å². The second kappa shape index (κ2) is 9.01. The van der Waals surface area contributed by atoms with Crippen LogP contribution < -0.4 is 10.6 Å². The lowest BCUT2D eigenvalue weighted by Gasteiger charge is -2.26. The molecule has 1 aromatic carbocycles. The maximum absolute atomic E-state index is 12.1. The lowest BCUT2D eigenvalue weighted by Crippen LogP contribution is -2.42. The Morgan fingerprint density at radius 3 is 2.43 bits per heavy atom. The number of hydrogen-bond donors (Lipinski definition) is 2. The fourth-order valence-electron chi connectivity index (χ4n) is 2.36. The number of amides is 2. The molecule has 0 unspecified atom stereocenters. The van der Waals surface area contributed by atoms with Crippen LogP contribution in [0.15, 0.2) is 21.1 Å². The normalized spacial score (nSPS) is 15.7. The second-order valence-corrected chi connectivity index (χ2v) is 7.56. The van der Waals surface area contributed by atoms with Gasteiger partial charge in [0.1, 0.15) is 0 Å². The van der Waals surface area contributed by atoms with Crippen molar-refractivity contribution >= 4 is 43.6 Å². The molecule has 0 bridgehead atoms. The van der Waals surface area contributed by atoms with Gasteiger partial charge in [0.25, 0.3) is 0 Å². The highest BCUT2D eigenvalue weighted by atomic mass is 79.9. The maximum Gasteiger partial charge on any atom is 0.319 e. The van der Waals surface area contributed by atoms with Crippen LogP contribution in [0.5, 0.6) is 0 Å². The Balaban J connectivity index is 1.85. The van der Waals surface area contributed by atoms with Crippen LogP contribution in [0.2, 0.25) is 0 Å². The van der Waals surface area contributed by atoms with Crippen LogP contribution in [-0.4, -0.2) is 50.3 Å². The molecule has 128 valence electrons. The Morgan fingerprint density at radius 2 is 1.87 bits per heavy atom. The van der Waals surface area contributed by atoms with Crippen molar-refractivity contribution in [1.29, 1.82) is 0 Å². The summed E-state index contributed by atoms with van der Waals surface area (Å²) >= 11 is 7.06. The molecule has 1 saturated heterocycles. The molecule has 1 aliphatic heterocycles. The lowest BCUT2D eigenvalue weighted by molar-refractivity contribution is 0.0388. The van der Waals surface area contributed by atoms with Crippen LogP contribution in [0.4, 0.5) is 10.5 Å². The van der Waals surface area contributed by atoms with Crippen molar-refractivity contribution < 1.29 is 9.53 Å². The SMILES string of the molecule is CC(C)c1cc(Br)c(NC(=O)NCCN2CCOCC2)c(Br)c1. The highest BCUT2D eigenvalue weighted by Gasteiger charge is 2.13. The molecule has 0 radical (unpaired) electrons. The molecular weight excluding hydrogens is 426 g/mol. The minimum atomic E-state index is -0.197. The molecular formula is C16H23Br2N3O2. The third kappa shape index (κ3) is 5.74. The largest absolute Gasteiger partial charge is 0.379 e. The number of morpholine rings is 1. The summed E-state index contributed by atoms with van der Waals surface area (Å²) in [5.74, 6) is 0.430. The minimum Gasteiger partial charge on any atom is -0.379 e. The summed E-state index contributed by atoms with van der Waals surface area (Å²) in [5.41, 5.74) is 1.96. The number of nitrogens with zero attached hydrogens (tertiary/aromatic N) is 1. The summed E-state index contributed by atoms with van der Waals surface area (Å²) in [6.45, 7) is 9.13. The molecule has 1 heterocycles. The molecule has 0 atom stereocenters. The van der Waals surface area contributed by atoms with Crippen LogP contribution >= 0.6 is 31.9 Å². The second-order valence-electron chi connectivity index (χ2n) is 5.85. The fourth-order valence-corrected chi connectivity index (χ4v) is 3.78. The summed E-state index contributed by atoms with van der Waals surface area (Å²) in [4.78, 5) is 14.4. The van der Waals surface area contributed by atoms with Gasteiger partial charge in [-0.05, 0) is 55.5 Å². The third-order valence-electron chi connectivity index (χ3n) is 3.79. The highest BCUT2D eigenvalue weighted by molar-refractivity contribution is 9.11. The molecule has 2 N–H and O–H groups in total. The topological polar surface area (TPSA) is 53.6 Å². The number of benzene rings is 1. The van der Waals surface area contributed by atoms with Gasteiger partial charge in [-0.15, -0.1) is 0 Å². The van der Waals surface area contributed by atoms with Crippen LogP contribution in [-0.2, 0) is 4.74 Å². The molecule has 2 amide bonds. The van der Waals surface area contributed by atoms with Gasteiger partial charge in [-0.25, -0.2) is 4.79 Å². The van der Waals surface area contributed by atoms with Gasteiger partial charge in [-0.1, -0.05) is 13.8 Å². The van der Waals surface area contributed by atoms with Crippen molar-refractivity contribution in [3.63, 3.8) is 0 Å². The minimum absolute atomic E-state index is 0.197. The summed E-state index contributed by atoms with van der Waals surface area (Å²) in [6, 6.07) is 3.88. The summed E-state index contributed by atoms with van der Waals surface area (Å²) in [7, 11) is 0. The van der Waals surface area contributed by atoms with E-state index in [4.69, 9.17) is 4.74 Å². The van der Waals surface area contributed by atoms with Crippen LogP contribution in [0, 0.1) is 0 Å². The van der Waals surface area contributed by atoms with E-state index in [0.717, 1.165) is 47.5 Å². The predicted molar refractivity (Wildman–Crippen MR) is 100 cm³/mol. The number of anilines is 1. The molecule has 1 aliphatic rings. The average molecular weight is 449 g/mol. The van der Waals surface area contributed by atoms with Gasteiger partial charge in [-0.3, -0.25) is 4.90 Å². The van der Waals surface area contributed by atoms with E-state index in [2.05, 4.69) is 61.2 Å². The molecule has 5 nitrogen and oxygen atoms in total. The fraction of sp³-hybridized carbons (Fsp3) is 0.562. The van der Waals surface area contributed by atoms with Gasteiger partial charge >= 0.3 is 6.03 Å². The molecule has 7 heteroatoms. The lowest BCUT2D eigenvalue weighted by atomic mass is 10.0. The van der Waals surface area contributed by atoms with Crippen molar-refractivity contribution in [2.45, 2.75) is 19.8 Å². The zero-order chi connectivity index (χ0) is 16.8. The monoisotopic (exact) mass is 447 g/mol. The van der Waals surface area contributed by atoms with Gasteiger partial charge in [0.15, 0.2) is 0 Å². The van der Waals surface area contributed by atoms with E-state index in [1.54, 1.807) is 0 Å². The van der Waals surface area contributed by atoms with Crippen molar-refractivity contribution in [2.75, 3.05) is 44.7 Å². The Bertz CT molecular complexity index is 523. The van der Waals surface area contributed by atoms with Crippen molar-refractivity contribution in [1.82, 2.24) is 10.2 Å². The Morgan fingerprint density at radius 1 is 1.26 bits per heavy atom. The number of ether oxygens (including phenoxy) is 1. The molecule has 0 aliphatic carbocycles. The van der Waals surface area contributed by atoms with Gasteiger partial charge in [0.2, 0.25) is 0 Å².